The molecule has 1 amide bonds. The molecule has 0 radical (unpaired) electrons. The van der Waals surface area contributed by atoms with E-state index < -0.39 is 0 Å². The second kappa shape index (κ2) is 7.83. The number of nitrogens with zero attached hydrogens (tertiary/aromatic N) is 2. The zero-order valence-corrected chi connectivity index (χ0v) is 17.2. The standard InChI is InChI=1S/C22H26N2O5/c1-26-16-9-7-15(8-10-16)24-21(23-11-5-6-17(23)22(24)25)14-12-18(27-2)20(29-4)19(13-14)28-3/h7-10,12-13,17,21H,5-6,11H2,1-4H3/t17-,21+/m0/s1. The number of carbonyl (C=O) groups excluding carboxylic acids is 1. The third-order valence-electron chi connectivity index (χ3n) is 5.71. The number of anilines is 1. The smallest absolute Gasteiger partial charge is 0.246 e. The Kier molecular flexibility index (Phi) is 5.24. The number of hydrogen-bond donors (Lipinski definition) is 0. The van der Waals surface area contributed by atoms with E-state index in [0.717, 1.165) is 36.4 Å². The molecule has 29 heavy (non-hydrogen) atoms. The van der Waals surface area contributed by atoms with Gasteiger partial charge < -0.3 is 18.9 Å². The molecule has 0 saturated carbocycles. The highest BCUT2D eigenvalue weighted by molar-refractivity contribution is 6.00. The van der Waals surface area contributed by atoms with Gasteiger partial charge in [0.05, 0.1) is 34.5 Å². The molecule has 2 aliphatic heterocycles. The minimum absolute atomic E-state index is 0.110. The Balaban J connectivity index is 1.83. The van der Waals surface area contributed by atoms with Crippen molar-refractivity contribution in [1.29, 1.82) is 0 Å². The molecule has 7 nitrogen and oxygen atoms in total. The van der Waals surface area contributed by atoms with E-state index in [-0.39, 0.29) is 18.1 Å². The molecule has 0 unspecified atom stereocenters. The molecule has 2 saturated heterocycles. The molecule has 0 spiro atoms. The lowest BCUT2D eigenvalue weighted by Gasteiger charge is -2.30. The number of carbonyl (C=O) groups is 1. The molecule has 0 bridgehead atoms. The van der Waals surface area contributed by atoms with Gasteiger partial charge in [0.25, 0.3) is 0 Å². The van der Waals surface area contributed by atoms with Crippen molar-refractivity contribution in [2.45, 2.75) is 25.0 Å². The third-order valence-corrected chi connectivity index (χ3v) is 5.71. The number of benzene rings is 2. The first-order valence-corrected chi connectivity index (χ1v) is 9.65. The van der Waals surface area contributed by atoms with Crippen molar-refractivity contribution in [3.05, 3.63) is 42.0 Å². The number of amides is 1. The molecule has 2 heterocycles. The van der Waals surface area contributed by atoms with Gasteiger partial charge in [0.15, 0.2) is 11.5 Å². The summed E-state index contributed by atoms with van der Waals surface area (Å²) >= 11 is 0. The van der Waals surface area contributed by atoms with Crippen LogP contribution in [0.15, 0.2) is 36.4 Å². The average Bonchev–Trinajstić information content (AvgIpc) is 3.34. The van der Waals surface area contributed by atoms with Crippen LogP contribution in [0.5, 0.6) is 23.0 Å². The number of methoxy groups -OCH3 is 4. The van der Waals surface area contributed by atoms with E-state index in [2.05, 4.69) is 4.90 Å². The molecular weight excluding hydrogens is 372 g/mol. The van der Waals surface area contributed by atoms with Gasteiger partial charge in [0.1, 0.15) is 11.9 Å². The van der Waals surface area contributed by atoms with Crippen LogP contribution in [-0.2, 0) is 4.79 Å². The van der Waals surface area contributed by atoms with Crippen molar-refractivity contribution in [1.82, 2.24) is 4.90 Å². The Labute approximate surface area is 170 Å². The van der Waals surface area contributed by atoms with Crippen LogP contribution in [0.25, 0.3) is 0 Å². The van der Waals surface area contributed by atoms with Crippen molar-refractivity contribution >= 4 is 11.6 Å². The summed E-state index contributed by atoms with van der Waals surface area (Å²) in [6.45, 7) is 0.865. The van der Waals surface area contributed by atoms with Crippen molar-refractivity contribution in [2.75, 3.05) is 39.9 Å². The number of hydrogen-bond acceptors (Lipinski definition) is 6. The van der Waals surface area contributed by atoms with Gasteiger partial charge in [-0.2, -0.15) is 0 Å². The van der Waals surface area contributed by atoms with Gasteiger partial charge in [0, 0.05) is 12.2 Å². The van der Waals surface area contributed by atoms with E-state index in [9.17, 15) is 4.79 Å². The summed E-state index contributed by atoms with van der Waals surface area (Å²) < 4.78 is 21.8. The van der Waals surface area contributed by atoms with Gasteiger partial charge >= 0.3 is 0 Å². The second-order valence-electron chi connectivity index (χ2n) is 7.13. The first-order chi connectivity index (χ1) is 14.1. The molecule has 0 aliphatic carbocycles. The summed E-state index contributed by atoms with van der Waals surface area (Å²) in [7, 11) is 6.41. The van der Waals surface area contributed by atoms with Crippen LogP contribution in [0.3, 0.4) is 0 Å². The topological polar surface area (TPSA) is 60.5 Å². The molecule has 154 valence electrons. The SMILES string of the molecule is COc1ccc(N2C(=O)[C@@H]3CCCN3[C@H]2c2cc(OC)c(OC)c(OC)c2)cc1. The Morgan fingerprint density at radius 3 is 2.10 bits per heavy atom. The van der Waals surface area contributed by atoms with E-state index in [1.807, 2.05) is 41.3 Å². The lowest BCUT2D eigenvalue weighted by atomic mass is 10.1. The van der Waals surface area contributed by atoms with Gasteiger partial charge in [-0.05, 0) is 54.8 Å². The summed E-state index contributed by atoms with van der Waals surface area (Å²) in [4.78, 5) is 17.4. The fourth-order valence-electron chi connectivity index (χ4n) is 4.38. The summed E-state index contributed by atoms with van der Waals surface area (Å²) in [5.41, 5.74) is 1.76. The second-order valence-corrected chi connectivity index (χ2v) is 7.13. The van der Waals surface area contributed by atoms with Crippen molar-refractivity contribution < 1.29 is 23.7 Å². The van der Waals surface area contributed by atoms with E-state index in [1.54, 1.807) is 28.4 Å². The van der Waals surface area contributed by atoms with Crippen molar-refractivity contribution in [3.8, 4) is 23.0 Å². The van der Waals surface area contributed by atoms with Crippen molar-refractivity contribution in [3.63, 3.8) is 0 Å². The Morgan fingerprint density at radius 1 is 0.897 bits per heavy atom. The van der Waals surface area contributed by atoms with Crippen LogP contribution >= 0.6 is 0 Å². The Morgan fingerprint density at radius 2 is 1.55 bits per heavy atom. The number of rotatable bonds is 6. The van der Waals surface area contributed by atoms with Crippen molar-refractivity contribution in [2.24, 2.45) is 0 Å². The van der Waals surface area contributed by atoms with Crippen LogP contribution in [0.2, 0.25) is 0 Å². The summed E-state index contributed by atoms with van der Waals surface area (Å²) in [6.07, 6.45) is 1.64. The molecule has 0 N–H and O–H groups in total. The van der Waals surface area contributed by atoms with E-state index in [4.69, 9.17) is 18.9 Å². The van der Waals surface area contributed by atoms with Crippen LogP contribution < -0.4 is 23.8 Å². The minimum Gasteiger partial charge on any atom is -0.497 e. The predicted molar refractivity (Wildman–Crippen MR) is 109 cm³/mol. The Hall–Kier alpha value is -2.93. The Bertz CT molecular complexity index is 874. The van der Waals surface area contributed by atoms with Crippen LogP contribution in [0.4, 0.5) is 5.69 Å². The predicted octanol–water partition coefficient (Wildman–Crippen LogP) is 3.23. The monoisotopic (exact) mass is 398 g/mol. The maximum absolute atomic E-state index is 13.3. The normalized spacial score (nSPS) is 21.2. The first kappa shape index (κ1) is 19.4. The van der Waals surface area contributed by atoms with E-state index in [1.165, 1.54) is 0 Å². The molecular formula is C22H26N2O5. The third kappa shape index (κ3) is 3.15. The zero-order chi connectivity index (χ0) is 20.5. The highest BCUT2D eigenvalue weighted by Crippen LogP contribution is 2.47. The summed E-state index contributed by atoms with van der Waals surface area (Å²) in [5.74, 6) is 2.56. The molecule has 2 atom stereocenters. The fraction of sp³-hybridized carbons (Fsp3) is 0.409. The molecule has 2 aromatic rings. The van der Waals surface area contributed by atoms with Gasteiger partial charge in [0.2, 0.25) is 11.7 Å². The number of ether oxygens (including phenoxy) is 4. The molecule has 2 fully saturated rings. The zero-order valence-electron chi connectivity index (χ0n) is 17.2. The highest BCUT2D eigenvalue weighted by atomic mass is 16.5. The largest absolute Gasteiger partial charge is 0.497 e. The first-order valence-electron chi connectivity index (χ1n) is 9.65. The lowest BCUT2D eigenvalue weighted by Crippen LogP contribution is -2.32. The summed E-state index contributed by atoms with van der Waals surface area (Å²) in [6, 6.07) is 11.3. The fourth-order valence-corrected chi connectivity index (χ4v) is 4.38. The summed E-state index contributed by atoms with van der Waals surface area (Å²) in [5, 5.41) is 0. The maximum Gasteiger partial charge on any atom is 0.246 e. The minimum atomic E-state index is -0.239. The molecule has 2 aromatic carbocycles. The molecule has 2 aliphatic rings. The van der Waals surface area contributed by atoms with E-state index >= 15 is 0 Å². The highest BCUT2D eigenvalue weighted by Gasteiger charge is 2.49. The molecule has 4 rings (SSSR count). The van der Waals surface area contributed by atoms with Gasteiger partial charge in [-0.3, -0.25) is 14.6 Å². The van der Waals surface area contributed by atoms with E-state index in [0.29, 0.717) is 17.2 Å². The van der Waals surface area contributed by atoms with Gasteiger partial charge in [-0.1, -0.05) is 0 Å². The molecule has 7 heteroatoms. The average molecular weight is 398 g/mol. The van der Waals surface area contributed by atoms with Gasteiger partial charge in [-0.25, -0.2) is 0 Å². The van der Waals surface area contributed by atoms with Crippen LogP contribution in [0.1, 0.15) is 24.6 Å². The van der Waals surface area contributed by atoms with Crippen LogP contribution in [0, 0.1) is 0 Å². The van der Waals surface area contributed by atoms with Gasteiger partial charge in [-0.15, -0.1) is 0 Å². The quantitative estimate of drug-likeness (QED) is 0.745. The maximum atomic E-state index is 13.3. The molecule has 0 aromatic heterocycles. The van der Waals surface area contributed by atoms with Crippen LogP contribution in [-0.4, -0.2) is 51.8 Å². The lowest BCUT2D eigenvalue weighted by molar-refractivity contribution is -0.119. The number of fused-ring (bicyclic) bond motifs is 1.